The maximum absolute atomic E-state index is 11.9. The first-order valence-electron chi connectivity index (χ1n) is 4.23. The molecule has 0 aliphatic rings. The number of hydrogen-bond acceptors (Lipinski definition) is 4. The van der Waals surface area contributed by atoms with Crippen molar-refractivity contribution in [2.75, 3.05) is 0 Å². The van der Waals surface area contributed by atoms with Gasteiger partial charge in [0.05, 0.1) is 6.42 Å². The van der Waals surface area contributed by atoms with Crippen LogP contribution in [0.4, 0.5) is 13.2 Å². The van der Waals surface area contributed by atoms with Crippen LogP contribution in [0.3, 0.4) is 0 Å². The Morgan fingerprint density at radius 1 is 1.47 bits per heavy atom. The Morgan fingerprint density at radius 2 is 2.07 bits per heavy atom. The van der Waals surface area contributed by atoms with Crippen molar-refractivity contribution < 1.29 is 22.5 Å². The highest BCUT2D eigenvalue weighted by molar-refractivity contribution is 5.85. The highest BCUT2D eigenvalue weighted by Crippen LogP contribution is 2.18. The van der Waals surface area contributed by atoms with Crippen molar-refractivity contribution in [3.63, 3.8) is 0 Å². The van der Waals surface area contributed by atoms with Crippen LogP contribution in [0.25, 0.3) is 0 Å². The van der Waals surface area contributed by atoms with Gasteiger partial charge >= 0.3 is 6.18 Å². The van der Waals surface area contributed by atoms with Crippen LogP contribution in [0.2, 0.25) is 0 Å². The van der Waals surface area contributed by atoms with E-state index in [4.69, 9.17) is 0 Å². The first-order valence-corrected chi connectivity index (χ1v) is 4.23. The van der Waals surface area contributed by atoms with Crippen LogP contribution in [0.5, 0.6) is 0 Å². The molecule has 0 aliphatic carbocycles. The summed E-state index contributed by atoms with van der Waals surface area (Å²) in [6, 6.07) is 0. The van der Waals surface area contributed by atoms with Gasteiger partial charge in [-0.2, -0.15) is 18.2 Å². The van der Waals surface area contributed by atoms with Gasteiger partial charge in [0.2, 0.25) is 11.7 Å². The number of carbonyl (C=O) groups is 1. The molecule has 1 rings (SSSR count). The lowest BCUT2D eigenvalue weighted by Crippen LogP contribution is -2.24. The molecule has 1 aromatic heterocycles. The number of ketones is 1. The molecule has 0 aliphatic heterocycles. The second-order valence-electron chi connectivity index (χ2n) is 3.30. The average molecular weight is 222 g/mol. The molecular weight excluding hydrogens is 213 g/mol. The number of halogens is 3. The van der Waals surface area contributed by atoms with Gasteiger partial charge in [0.1, 0.15) is 0 Å². The third-order valence-electron chi connectivity index (χ3n) is 1.63. The van der Waals surface area contributed by atoms with E-state index in [2.05, 4.69) is 14.7 Å². The molecule has 0 spiro atoms. The number of aromatic nitrogens is 2. The van der Waals surface area contributed by atoms with Crippen molar-refractivity contribution in [1.82, 2.24) is 10.1 Å². The summed E-state index contributed by atoms with van der Waals surface area (Å²) in [5.41, 5.74) is 0. The summed E-state index contributed by atoms with van der Waals surface area (Å²) in [5.74, 6) is -1.95. The van der Waals surface area contributed by atoms with Crippen molar-refractivity contribution in [3.05, 3.63) is 11.7 Å². The van der Waals surface area contributed by atoms with E-state index in [9.17, 15) is 18.0 Å². The summed E-state index contributed by atoms with van der Waals surface area (Å²) in [5, 5.41) is 3.45. The van der Waals surface area contributed by atoms with E-state index in [0.29, 0.717) is 5.82 Å². The van der Waals surface area contributed by atoms with Crippen molar-refractivity contribution in [3.8, 4) is 0 Å². The second kappa shape index (κ2) is 4.00. The Bertz CT molecular complexity index is 357. The van der Waals surface area contributed by atoms with Gasteiger partial charge in [-0.25, -0.2) is 0 Å². The zero-order valence-electron chi connectivity index (χ0n) is 8.13. The molecule has 0 saturated heterocycles. The highest BCUT2D eigenvalue weighted by atomic mass is 19.4. The van der Waals surface area contributed by atoms with Crippen LogP contribution in [0.15, 0.2) is 4.52 Å². The number of rotatable bonds is 3. The minimum Gasteiger partial charge on any atom is -0.339 e. The monoisotopic (exact) mass is 222 g/mol. The van der Waals surface area contributed by atoms with E-state index in [0.717, 1.165) is 0 Å². The minimum atomic E-state index is -4.85. The van der Waals surface area contributed by atoms with Gasteiger partial charge in [-0.1, -0.05) is 19.0 Å². The van der Waals surface area contributed by atoms with Crippen LogP contribution < -0.4 is 0 Å². The summed E-state index contributed by atoms with van der Waals surface area (Å²) in [6.07, 6.45) is -5.75. The van der Waals surface area contributed by atoms with E-state index in [1.165, 1.54) is 0 Å². The van der Waals surface area contributed by atoms with Crippen LogP contribution >= 0.6 is 0 Å². The minimum absolute atomic E-state index is 0.0523. The quantitative estimate of drug-likeness (QED) is 0.783. The average Bonchev–Trinajstić information content (AvgIpc) is 2.50. The van der Waals surface area contributed by atoms with Gasteiger partial charge in [-0.15, -0.1) is 0 Å². The molecule has 84 valence electrons. The van der Waals surface area contributed by atoms with E-state index in [1.807, 2.05) is 0 Å². The lowest BCUT2D eigenvalue weighted by Gasteiger charge is -2.00. The molecule has 0 N–H and O–H groups in total. The zero-order chi connectivity index (χ0) is 11.6. The molecule has 0 atom stereocenters. The molecule has 1 aromatic rings. The molecule has 1 heterocycles. The molecule has 0 aromatic carbocycles. The Balaban J connectivity index is 2.70. The molecule has 0 radical (unpaired) electrons. The molecule has 0 bridgehead atoms. The fourth-order valence-corrected chi connectivity index (χ4v) is 0.812. The lowest BCUT2D eigenvalue weighted by molar-refractivity contribution is -0.170. The smallest absolute Gasteiger partial charge is 0.339 e. The van der Waals surface area contributed by atoms with Gasteiger partial charge < -0.3 is 4.52 Å². The van der Waals surface area contributed by atoms with Crippen molar-refractivity contribution >= 4 is 5.78 Å². The predicted octanol–water partition coefficient (Wildman–Crippen LogP) is 1.87. The Labute approximate surface area is 83.5 Å². The normalized spacial score (nSPS) is 12.1. The standard InChI is InChI=1S/C8H9F3N2O2/c1-4(2)7-12-6(15-13-7)3-5(14)8(9,10)11/h4H,3H2,1-2H3. The van der Waals surface area contributed by atoms with E-state index < -0.39 is 18.4 Å². The maximum atomic E-state index is 11.9. The molecule has 0 saturated carbocycles. The first-order chi connectivity index (χ1) is 6.80. The number of Topliss-reactive ketones (excluding diaryl/α,β-unsaturated/α-hetero) is 1. The third-order valence-corrected chi connectivity index (χ3v) is 1.63. The Hall–Kier alpha value is -1.40. The van der Waals surface area contributed by atoms with Crippen LogP contribution in [-0.4, -0.2) is 22.1 Å². The first kappa shape index (κ1) is 11.7. The summed E-state index contributed by atoms with van der Waals surface area (Å²) >= 11 is 0. The predicted molar refractivity (Wildman–Crippen MR) is 43.2 cm³/mol. The van der Waals surface area contributed by atoms with Gasteiger partial charge in [0.15, 0.2) is 5.82 Å². The van der Waals surface area contributed by atoms with Gasteiger partial charge in [-0.05, 0) is 0 Å². The SMILES string of the molecule is CC(C)c1noc(CC(=O)C(F)(F)F)n1. The highest BCUT2D eigenvalue weighted by Gasteiger charge is 2.39. The molecule has 0 unspecified atom stereocenters. The zero-order valence-corrected chi connectivity index (χ0v) is 8.13. The van der Waals surface area contributed by atoms with Crippen LogP contribution in [0, 0.1) is 0 Å². The van der Waals surface area contributed by atoms with E-state index >= 15 is 0 Å². The number of alkyl halides is 3. The number of carbonyl (C=O) groups excluding carboxylic acids is 1. The Morgan fingerprint density at radius 3 is 2.47 bits per heavy atom. The third kappa shape index (κ3) is 3.03. The lowest BCUT2D eigenvalue weighted by atomic mass is 10.2. The molecule has 0 amide bonds. The second-order valence-corrected chi connectivity index (χ2v) is 3.30. The van der Waals surface area contributed by atoms with Crippen molar-refractivity contribution in [1.29, 1.82) is 0 Å². The Kier molecular flexibility index (Phi) is 3.11. The largest absolute Gasteiger partial charge is 0.450 e. The van der Waals surface area contributed by atoms with Crippen LogP contribution in [0.1, 0.15) is 31.5 Å². The number of nitrogens with zero attached hydrogens (tertiary/aromatic N) is 2. The topological polar surface area (TPSA) is 56.0 Å². The van der Waals surface area contributed by atoms with Crippen molar-refractivity contribution in [2.45, 2.75) is 32.4 Å². The summed E-state index contributed by atoms with van der Waals surface area (Å²) in [4.78, 5) is 14.2. The van der Waals surface area contributed by atoms with E-state index in [1.54, 1.807) is 13.8 Å². The molecular formula is C8H9F3N2O2. The van der Waals surface area contributed by atoms with Gasteiger partial charge in [0.25, 0.3) is 0 Å². The van der Waals surface area contributed by atoms with Gasteiger partial charge in [-0.3, -0.25) is 4.79 Å². The van der Waals surface area contributed by atoms with Crippen molar-refractivity contribution in [2.24, 2.45) is 0 Å². The summed E-state index contributed by atoms with van der Waals surface area (Å²) in [7, 11) is 0. The van der Waals surface area contributed by atoms with Gasteiger partial charge in [0, 0.05) is 5.92 Å². The molecule has 4 nitrogen and oxygen atoms in total. The summed E-state index contributed by atoms with van der Waals surface area (Å²) < 4.78 is 40.1. The fourth-order valence-electron chi connectivity index (χ4n) is 0.812. The maximum Gasteiger partial charge on any atom is 0.450 e. The van der Waals surface area contributed by atoms with E-state index in [-0.39, 0.29) is 11.8 Å². The van der Waals surface area contributed by atoms with Crippen LogP contribution in [-0.2, 0) is 11.2 Å². The number of hydrogen-bond donors (Lipinski definition) is 0. The molecule has 15 heavy (non-hydrogen) atoms. The molecule has 7 heteroatoms. The summed E-state index contributed by atoms with van der Waals surface area (Å²) in [6.45, 7) is 3.53. The molecule has 0 fully saturated rings. The fraction of sp³-hybridized carbons (Fsp3) is 0.625.